The quantitative estimate of drug-likeness (QED) is 0.795. The zero-order chi connectivity index (χ0) is 18.1. The average Bonchev–Trinajstić information content (AvgIpc) is 3.37. The van der Waals surface area contributed by atoms with Gasteiger partial charge in [-0.05, 0) is 44.7 Å². The first-order valence-corrected chi connectivity index (χ1v) is 9.81. The van der Waals surface area contributed by atoms with E-state index in [0.29, 0.717) is 17.8 Å². The molecule has 4 rings (SSSR count). The molecule has 0 unspecified atom stereocenters. The zero-order valence-corrected chi connectivity index (χ0v) is 15.7. The molecular formula is C20H28N4O2. The molecule has 140 valence electrons. The van der Waals surface area contributed by atoms with Crippen molar-refractivity contribution in [2.75, 3.05) is 13.1 Å². The molecule has 0 spiro atoms. The summed E-state index contributed by atoms with van der Waals surface area (Å²) < 4.78 is 7.32. The molecule has 2 fully saturated rings. The summed E-state index contributed by atoms with van der Waals surface area (Å²) in [4.78, 5) is 23.6. The van der Waals surface area contributed by atoms with E-state index in [-0.39, 0.29) is 5.56 Å². The molecular weight excluding hydrogens is 328 g/mol. The van der Waals surface area contributed by atoms with Crippen LogP contribution in [0.1, 0.15) is 68.5 Å². The van der Waals surface area contributed by atoms with E-state index in [4.69, 9.17) is 4.42 Å². The second-order valence-corrected chi connectivity index (χ2v) is 8.12. The highest BCUT2D eigenvalue weighted by molar-refractivity contribution is 5.13. The molecule has 0 bridgehead atoms. The predicted molar refractivity (Wildman–Crippen MR) is 99.1 cm³/mol. The molecule has 0 amide bonds. The molecule has 1 aliphatic carbocycles. The van der Waals surface area contributed by atoms with Gasteiger partial charge < -0.3 is 4.42 Å². The summed E-state index contributed by atoms with van der Waals surface area (Å²) in [5.41, 5.74) is 2.15. The summed E-state index contributed by atoms with van der Waals surface area (Å²) in [6.07, 6.45) is 7.88. The number of rotatable bonds is 6. The van der Waals surface area contributed by atoms with Crippen molar-refractivity contribution in [3.63, 3.8) is 0 Å². The number of piperidine rings is 1. The Kier molecular flexibility index (Phi) is 4.94. The summed E-state index contributed by atoms with van der Waals surface area (Å²) in [7, 11) is 0. The Morgan fingerprint density at radius 3 is 2.62 bits per heavy atom. The van der Waals surface area contributed by atoms with Crippen LogP contribution in [0.3, 0.4) is 0 Å². The minimum absolute atomic E-state index is 0.105. The van der Waals surface area contributed by atoms with Crippen molar-refractivity contribution >= 4 is 0 Å². The Morgan fingerprint density at radius 1 is 1.19 bits per heavy atom. The molecule has 26 heavy (non-hydrogen) atoms. The van der Waals surface area contributed by atoms with Crippen molar-refractivity contribution < 1.29 is 4.42 Å². The molecule has 0 aromatic carbocycles. The molecule has 1 aliphatic heterocycles. The van der Waals surface area contributed by atoms with Gasteiger partial charge in [-0.1, -0.05) is 13.8 Å². The van der Waals surface area contributed by atoms with Gasteiger partial charge in [0.05, 0.1) is 17.7 Å². The predicted octanol–water partition coefficient (Wildman–Crippen LogP) is 3.14. The molecule has 1 saturated carbocycles. The number of hydrogen-bond donors (Lipinski definition) is 0. The third-order valence-electron chi connectivity index (χ3n) is 5.63. The van der Waals surface area contributed by atoms with Gasteiger partial charge in [0.25, 0.3) is 5.56 Å². The van der Waals surface area contributed by atoms with Crippen molar-refractivity contribution in [2.45, 2.75) is 64.5 Å². The van der Waals surface area contributed by atoms with Gasteiger partial charge in [0.15, 0.2) is 6.39 Å². The van der Waals surface area contributed by atoms with Crippen LogP contribution in [0.25, 0.3) is 0 Å². The van der Waals surface area contributed by atoms with Gasteiger partial charge in [-0.25, -0.2) is 9.97 Å². The summed E-state index contributed by atoms with van der Waals surface area (Å²) in [5.74, 6) is 2.44. The van der Waals surface area contributed by atoms with Crippen molar-refractivity contribution in [3.05, 3.63) is 46.3 Å². The van der Waals surface area contributed by atoms with Gasteiger partial charge in [-0.15, -0.1) is 0 Å². The van der Waals surface area contributed by atoms with Crippen LogP contribution >= 0.6 is 0 Å². The van der Waals surface area contributed by atoms with E-state index in [9.17, 15) is 4.79 Å². The van der Waals surface area contributed by atoms with Crippen molar-refractivity contribution in [3.8, 4) is 0 Å². The zero-order valence-electron chi connectivity index (χ0n) is 15.7. The molecule has 0 radical (unpaired) electrons. The van der Waals surface area contributed by atoms with Crippen LogP contribution in [0.5, 0.6) is 0 Å². The highest BCUT2D eigenvalue weighted by Gasteiger charge is 2.26. The van der Waals surface area contributed by atoms with Gasteiger partial charge in [0, 0.05) is 31.0 Å². The Hall–Kier alpha value is -1.95. The molecule has 0 atom stereocenters. The third-order valence-corrected chi connectivity index (χ3v) is 5.63. The van der Waals surface area contributed by atoms with Gasteiger partial charge in [-0.3, -0.25) is 14.3 Å². The van der Waals surface area contributed by atoms with E-state index in [1.54, 1.807) is 23.4 Å². The van der Waals surface area contributed by atoms with E-state index >= 15 is 0 Å². The maximum absolute atomic E-state index is 12.3. The second-order valence-electron chi connectivity index (χ2n) is 8.12. The largest absolute Gasteiger partial charge is 0.448 e. The fourth-order valence-corrected chi connectivity index (χ4v) is 3.86. The molecule has 2 aliphatic rings. The topological polar surface area (TPSA) is 64.2 Å². The fourth-order valence-electron chi connectivity index (χ4n) is 3.86. The number of aromatic nitrogens is 3. The van der Waals surface area contributed by atoms with E-state index in [1.165, 1.54) is 12.8 Å². The van der Waals surface area contributed by atoms with Crippen molar-refractivity contribution in [1.29, 1.82) is 0 Å². The maximum atomic E-state index is 12.3. The lowest BCUT2D eigenvalue weighted by molar-refractivity contribution is 0.164. The lowest BCUT2D eigenvalue weighted by Gasteiger charge is -2.31. The molecule has 1 saturated heterocycles. The summed E-state index contributed by atoms with van der Waals surface area (Å²) >= 11 is 0. The average molecular weight is 356 g/mol. The standard InChI is InChI=1S/C20H28N4O2/c1-14(2)20-18(22-13-26-20)11-23-7-5-15(6-8-23)10-24-12-21-17(9-19(24)25)16-3-4-16/h9,12-16H,3-8,10-11H2,1-2H3. The van der Waals surface area contributed by atoms with Crippen LogP contribution in [-0.4, -0.2) is 32.5 Å². The Balaban J connectivity index is 1.31. The van der Waals surface area contributed by atoms with E-state index in [2.05, 4.69) is 28.7 Å². The van der Waals surface area contributed by atoms with E-state index in [1.807, 2.05) is 0 Å². The molecule has 0 N–H and O–H groups in total. The van der Waals surface area contributed by atoms with Crippen LogP contribution in [0.2, 0.25) is 0 Å². The third kappa shape index (κ3) is 3.90. The molecule has 2 aromatic heterocycles. The fraction of sp³-hybridized carbons (Fsp3) is 0.650. The van der Waals surface area contributed by atoms with Crippen LogP contribution < -0.4 is 5.56 Å². The van der Waals surface area contributed by atoms with Crippen molar-refractivity contribution in [2.24, 2.45) is 5.92 Å². The normalized spacial score (nSPS) is 19.3. The minimum Gasteiger partial charge on any atom is -0.448 e. The molecule has 3 heterocycles. The smallest absolute Gasteiger partial charge is 0.253 e. The highest BCUT2D eigenvalue weighted by Crippen LogP contribution is 2.38. The second kappa shape index (κ2) is 7.35. The summed E-state index contributed by atoms with van der Waals surface area (Å²) in [6, 6.07) is 1.74. The lowest BCUT2D eigenvalue weighted by Crippen LogP contribution is -2.36. The first kappa shape index (κ1) is 17.5. The molecule has 6 heteroatoms. The van der Waals surface area contributed by atoms with E-state index in [0.717, 1.165) is 56.2 Å². The maximum Gasteiger partial charge on any atom is 0.253 e. The Morgan fingerprint density at radius 2 is 1.96 bits per heavy atom. The van der Waals surface area contributed by atoms with Gasteiger partial charge in [0.1, 0.15) is 5.76 Å². The van der Waals surface area contributed by atoms with E-state index < -0.39 is 0 Å². The Labute approximate surface area is 154 Å². The van der Waals surface area contributed by atoms with Crippen LogP contribution in [-0.2, 0) is 13.1 Å². The van der Waals surface area contributed by atoms with Crippen LogP contribution in [0.15, 0.2) is 28.0 Å². The number of oxazole rings is 1. The summed E-state index contributed by atoms with van der Waals surface area (Å²) in [6.45, 7) is 7.99. The lowest BCUT2D eigenvalue weighted by atomic mass is 9.96. The van der Waals surface area contributed by atoms with Gasteiger partial charge >= 0.3 is 0 Å². The minimum atomic E-state index is 0.105. The van der Waals surface area contributed by atoms with Crippen LogP contribution in [0.4, 0.5) is 0 Å². The highest BCUT2D eigenvalue weighted by atomic mass is 16.3. The van der Waals surface area contributed by atoms with Gasteiger partial charge in [-0.2, -0.15) is 0 Å². The first-order valence-electron chi connectivity index (χ1n) is 9.81. The monoisotopic (exact) mass is 356 g/mol. The molecule has 2 aromatic rings. The molecule has 6 nitrogen and oxygen atoms in total. The number of hydrogen-bond acceptors (Lipinski definition) is 5. The summed E-state index contributed by atoms with van der Waals surface area (Å²) in [5, 5.41) is 0. The Bertz CT molecular complexity index is 798. The number of nitrogens with zero attached hydrogens (tertiary/aromatic N) is 4. The van der Waals surface area contributed by atoms with Gasteiger partial charge in [0.2, 0.25) is 0 Å². The first-order chi connectivity index (χ1) is 12.6. The SMILES string of the molecule is CC(C)c1ocnc1CN1CCC(Cn2cnc(C3CC3)cc2=O)CC1. The van der Waals surface area contributed by atoms with Crippen LogP contribution in [0, 0.1) is 5.92 Å². The van der Waals surface area contributed by atoms with Crippen molar-refractivity contribution in [1.82, 2.24) is 19.4 Å². The number of likely N-dealkylation sites (tertiary alicyclic amines) is 1.